The second-order valence-electron chi connectivity index (χ2n) is 14.4. The number of hydrogen-bond acceptors (Lipinski definition) is 3. The largest absolute Gasteiger partial charge is 0.276 e. The fourth-order valence-electron chi connectivity index (χ4n) is 9.43. The van der Waals surface area contributed by atoms with Crippen LogP contribution in [0.15, 0.2) is 188 Å². The summed E-state index contributed by atoms with van der Waals surface area (Å²) < 4.78 is 3.58. The standard InChI is InChI=1S/C51H31N3S/c1-4-17-33(18-5-1)45-41-29-28-32-16-10-11-23-36(32)46(41)53-50(52-45)54-43-27-15-13-24-37(43)38-30-31-40-44-48(55-49(40)47(38)54)39-25-12-14-26-42(39)51(44,34-19-6-2-7-20-34)35-21-8-3-9-22-35/h1-31H. The van der Waals surface area contributed by atoms with E-state index < -0.39 is 5.41 Å². The predicted molar refractivity (Wildman–Crippen MR) is 230 cm³/mol. The zero-order valence-electron chi connectivity index (χ0n) is 29.6. The molecule has 0 saturated heterocycles. The Balaban J connectivity index is 1.25. The van der Waals surface area contributed by atoms with Gasteiger partial charge in [-0.15, -0.1) is 11.3 Å². The summed E-state index contributed by atoms with van der Waals surface area (Å²) >= 11 is 1.90. The van der Waals surface area contributed by atoms with Gasteiger partial charge in [-0.2, -0.15) is 0 Å². The molecule has 11 aromatic rings. The number of fused-ring (bicyclic) bond motifs is 12. The van der Waals surface area contributed by atoms with E-state index in [9.17, 15) is 0 Å². The van der Waals surface area contributed by atoms with Crippen LogP contribution in [-0.2, 0) is 5.41 Å². The molecule has 0 saturated carbocycles. The highest BCUT2D eigenvalue weighted by Crippen LogP contribution is 2.61. The predicted octanol–water partition coefficient (Wildman–Crippen LogP) is 13.1. The van der Waals surface area contributed by atoms with Crippen LogP contribution in [0.3, 0.4) is 0 Å². The van der Waals surface area contributed by atoms with Gasteiger partial charge in [-0.1, -0.05) is 176 Å². The topological polar surface area (TPSA) is 30.7 Å². The number of aromatic nitrogens is 3. The van der Waals surface area contributed by atoms with Gasteiger partial charge in [0, 0.05) is 37.4 Å². The van der Waals surface area contributed by atoms with Crippen molar-refractivity contribution < 1.29 is 0 Å². The number of para-hydroxylation sites is 1. The Bertz CT molecular complexity index is 3270. The molecule has 55 heavy (non-hydrogen) atoms. The van der Waals surface area contributed by atoms with E-state index in [1.807, 2.05) is 11.3 Å². The Morgan fingerprint density at radius 2 is 1.09 bits per heavy atom. The van der Waals surface area contributed by atoms with E-state index in [2.05, 4.69) is 193 Å². The molecule has 4 heteroatoms. The van der Waals surface area contributed by atoms with E-state index in [0.717, 1.165) is 44.0 Å². The van der Waals surface area contributed by atoms with Gasteiger partial charge in [0.05, 0.1) is 32.4 Å². The number of thiophene rings is 1. The lowest BCUT2D eigenvalue weighted by atomic mass is 9.67. The molecule has 0 bridgehead atoms. The maximum absolute atomic E-state index is 5.52. The lowest BCUT2D eigenvalue weighted by molar-refractivity contribution is 0.776. The molecule has 3 heterocycles. The molecular formula is C51H31N3S. The zero-order chi connectivity index (χ0) is 36.1. The Morgan fingerprint density at radius 1 is 0.473 bits per heavy atom. The van der Waals surface area contributed by atoms with Crippen LogP contribution in [-0.4, -0.2) is 14.5 Å². The average molecular weight is 718 g/mol. The molecule has 256 valence electrons. The second kappa shape index (κ2) is 11.6. The summed E-state index contributed by atoms with van der Waals surface area (Å²) in [5, 5.41) is 6.97. The van der Waals surface area contributed by atoms with E-state index in [1.54, 1.807) is 0 Å². The van der Waals surface area contributed by atoms with Crippen molar-refractivity contribution in [1.82, 2.24) is 14.5 Å². The maximum Gasteiger partial charge on any atom is 0.235 e. The van der Waals surface area contributed by atoms with Gasteiger partial charge in [0.25, 0.3) is 0 Å². The van der Waals surface area contributed by atoms with Gasteiger partial charge in [-0.3, -0.25) is 4.57 Å². The monoisotopic (exact) mass is 717 g/mol. The lowest BCUT2D eigenvalue weighted by Gasteiger charge is -2.33. The first-order valence-corrected chi connectivity index (χ1v) is 19.6. The van der Waals surface area contributed by atoms with Crippen LogP contribution in [0.4, 0.5) is 0 Å². The smallest absolute Gasteiger partial charge is 0.235 e. The molecule has 8 aromatic carbocycles. The van der Waals surface area contributed by atoms with E-state index >= 15 is 0 Å². The van der Waals surface area contributed by atoms with E-state index in [1.165, 1.54) is 53.6 Å². The van der Waals surface area contributed by atoms with Crippen LogP contribution in [0.2, 0.25) is 0 Å². The molecule has 0 radical (unpaired) electrons. The normalized spacial score (nSPS) is 13.2. The third-order valence-corrected chi connectivity index (χ3v) is 12.9. The molecular weight excluding hydrogens is 687 g/mol. The summed E-state index contributed by atoms with van der Waals surface area (Å²) in [5.41, 5.74) is 11.2. The van der Waals surface area contributed by atoms with E-state index in [0.29, 0.717) is 5.95 Å². The van der Waals surface area contributed by atoms with Crippen molar-refractivity contribution in [3.63, 3.8) is 0 Å². The summed E-state index contributed by atoms with van der Waals surface area (Å²) in [7, 11) is 0. The van der Waals surface area contributed by atoms with Gasteiger partial charge >= 0.3 is 0 Å². The molecule has 1 aliphatic carbocycles. The van der Waals surface area contributed by atoms with Crippen LogP contribution in [0, 0.1) is 0 Å². The second-order valence-corrected chi connectivity index (χ2v) is 15.5. The molecule has 0 unspecified atom stereocenters. The van der Waals surface area contributed by atoms with Gasteiger partial charge < -0.3 is 0 Å². The zero-order valence-corrected chi connectivity index (χ0v) is 30.5. The van der Waals surface area contributed by atoms with Crippen LogP contribution in [0.25, 0.3) is 81.2 Å². The average Bonchev–Trinajstić information content (AvgIpc) is 3.91. The van der Waals surface area contributed by atoms with Crippen molar-refractivity contribution >= 4 is 64.9 Å². The minimum absolute atomic E-state index is 0.490. The summed E-state index contributed by atoms with van der Waals surface area (Å²) in [6, 6.07) is 68.1. The third-order valence-electron chi connectivity index (χ3n) is 11.7. The maximum atomic E-state index is 5.52. The molecule has 0 aliphatic heterocycles. The SMILES string of the molecule is c1ccc(-c2nc(-n3c4ccccc4c4ccc5c6c(sc5c43)-c3ccccc3C6(c3ccccc3)c3ccccc3)nc3c2ccc2ccccc23)cc1. The summed E-state index contributed by atoms with van der Waals surface area (Å²) in [6.45, 7) is 0. The third kappa shape index (κ3) is 4.15. The Morgan fingerprint density at radius 3 is 1.87 bits per heavy atom. The van der Waals surface area contributed by atoms with E-state index in [-0.39, 0.29) is 0 Å². The summed E-state index contributed by atoms with van der Waals surface area (Å²) in [4.78, 5) is 12.3. The van der Waals surface area contributed by atoms with Gasteiger partial charge in [0.1, 0.15) is 0 Å². The molecule has 3 aromatic heterocycles. The minimum atomic E-state index is -0.490. The quantitative estimate of drug-likeness (QED) is 0.170. The molecule has 0 amide bonds. The highest BCUT2D eigenvalue weighted by molar-refractivity contribution is 7.23. The van der Waals surface area contributed by atoms with Gasteiger partial charge in [-0.25, -0.2) is 9.97 Å². The minimum Gasteiger partial charge on any atom is -0.276 e. The van der Waals surface area contributed by atoms with Crippen LogP contribution in [0.5, 0.6) is 0 Å². The number of rotatable bonds is 4. The summed E-state index contributed by atoms with van der Waals surface area (Å²) in [6.07, 6.45) is 0. The molecule has 3 nitrogen and oxygen atoms in total. The van der Waals surface area contributed by atoms with Gasteiger partial charge in [0.15, 0.2) is 0 Å². The van der Waals surface area contributed by atoms with Gasteiger partial charge in [0.2, 0.25) is 5.95 Å². The highest BCUT2D eigenvalue weighted by atomic mass is 32.1. The van der Waals surface area contributed by atoms with Crippen LogP contribution in [0.1, 0.15) is 22.3 Å². The molecule has 0 fully saturated rings. The Labute approximate surface area is 321 Å². The number of benzene rings is 8. The number of nitrogens with zero attached hydrogens (tertiary/aromatic N) is 3. The fourth-order valence-corrected chi connectivity index (χ4v) is 10.9. The Kier molecular flexibility index (Phi) is 6.42. The first kappa shape index (κ1) is 30.6. The molecule has 12 rings (SSSR count). The first-order chi connectivity index (χ1) is 27.3. The van der Waals surface area contributed by atoms with Crippen molar-refractivity contribution in [2.45, 2.75) is 5.41 Å². The molecule has 0 spiro atoms. The van der Waals surface area contributed by atoms with Gasteiger partial charge in [-0.05, 0) is 45.3 Å². The lowest BCUT2D eigenvalue weighted by Crippen LogP contribution is -2.28. The van der Waals surface area contributed by atoms with Crippen molar-refractivity contribution in [2.24, 2.45) is 0 Å². The van der Waals surface area contributed by atoms with Crippen molar-refractivity contribution in [2.75, 3.05) is 0 Å². The van der Waals surface area contributed by atoms with Crippen molar-refractivity contribution in [3.05, 3.63) is 210 Å². The van der Waals surface area contributed by atoms with Crippen LogP contribution >= 0.6 is 11.3 Å². The van der Waals surface area contributed by atoms with E-state index in [4.69, 9.17) is 9.97 Å². The van der Waals surface area contributed by atoms with Crippen molar-refractivity contribution in [1.29, 1.82) is 0 Å². The van der Waals surface area contributed by atoms with Crippen LogP contribution < -0.4 is 0 Å². The highest BCUT2D eigenvalue weighted by Gasteiger charge is 2.48. The fraction of sp³-hybridized carbons (Fsp3) is 0.0196. The molecule has 0 atom stereocenters. The molecule has 0 N–H and O–H groups in total. The first-order valence-electron chi connectivity index (χ1n) is 18.8. The summed E-state index contributed by atoms with van der Waals surface area (Å²) in [5.74, 6) is 0.674. The Hall–Kier alpha value is -6.88. The van der Waals surface area contributed by atoms with Crippen molar-refractivity contribution in [3.8, 4) is 27.6 Å². The number of hydrogen-bond donors (Lipinski definition) is 0. The molecule has 1 aliphatic rings.